The maximum Gasteiger partial charge on any atom is 0.233 e. The number of aliphatic hydroxyl groups excluding tert-OH is 1. The van der Waals surface area contributed by atoms with E-state index in [1.54, 1.807) is 0 Å². The Balaban J connectivity index is 0.00000225. The van der Waals surface area contributed by atoms with Gasteiger partial charge in [-0.05, 0) is 25.2 Å². The molecular weight excluding hydrogens is 228 g/mol. The Morgan fingerprint density at radius 3 is 2.69 bits per heavy atom. The third kappa shape index (κ3) is 7.04. The molecule has 0 radical (unpaired) electrons. The van der Waals surface area contributed by atoms with Crippen LogP contribution in [0.15, 0.2) is 0 Å². The molecule has 0 bridgehead atoms. The Hall–Kier alpha value is -0.320. The van der Waals surface area contributed by atoms with Crippen molar-refractivity contribution in [1.29, 1.82) is 0 Å². The lowest BCUT2D eigenvalue weighted by Crippen LogP contribution is -2.37. The maximum absolute atomic E-state index is 11.4. The molecule has 3 N–H and O–H groups in total. The van der Waals surface area contributed by atoms with Crippen LogP contribution in [-0.4, -0.2) is 36.8 Å². The quantitative estimate of drug-likeness (QED) is 0.594. The molecule has 5 heteroatoms. The minimum Gasteiger partial charge on any atom is -0.396 e. The first-order chi connectivity index (χ1) is 7.26. The normalized spacial score (nSPS) is 16.4. The second-order valence-corrected chi connectivity index (χ2v) is 4.25. The summed E-state index contributed by atoms with van der Waals surface area (Å²) in [5.74, 6) is 0.471. The van der Waals surface area contributed by atoms with E-state index >= 15 is 0 Å². The minimum atomic E-state index is 0. The molecule has 1 fully saturated rings. The summed E-state index contributed by atoms with van der Waals surface area (Å²) in [5, 5.41) is 14.9. The topological polar surface area (TPSA) is 61.4 Å². The number of hydrogen-bond donors (Lipinski definition) is 3. The van der Waals surface area contributed by atoms with Gasteiger partial charge in [0.2, 0.25) is 5.91 Å². The molecule has 1 atom stereocenters. The van der Waals surface area contributed by atoms with Crippen molar-refractivity contribution in [3.8, 4) is 0 Å². The zero-order valence-corrected chi connectivity index (χ0v) is 10.7. The van der Waals surface area contributed by atoms with Crippen LogP contribution in [0.5, 0.6) is 0 Å². The molecule has 4 nitrogen and oxygen atoms in total. The van der Waals surface area contributed by atoms with E-state index in [0.717, 1.165) is 12.8 Å². The van der Waals surface area contributed by atoms with E-state index in [1.807, 2.05) is 0 Å². The number of aliphatic hydroxyl groups is 1. The molecule has 0 heterocycles. The summed E-state index contributed by atoms with van der Waals surface area (Å²) in [6.45, 7) is 3.39. The van der Waals surface area contributed by atoms with Gasteiger partial charge >= 0.3 is 0 Å². The average Bonchev–Trinajstić information content (AvgIpc) is 3.05. The highest BCUT2D eigenvalue weighted by Gasteiger charge is 2.21. The zero-order valence-electron chi connectivity index (χ0n) is 9.87. The summed E-state index contributed by atoms with van der Waals surface area (Å²) in [6.07, 6.45) is 4.18. The number of carbonyl (C=O) groups is 1. The molecule has 96 valence electrons. The molecule has 1 saturated carbocycles. The van der Waals surface area contributed by atoms with Crippen LogP contribution < -0.4 is 10.6 Å². The standard InChI is InChI=1S/C11H22N2O2.ClH/c1-2-9(5-6-14)7-13-11(15)8-12-10-3-4-10;/h9-10,12,14H,2-8H2,1H3,(H,13,15);1H. The molecule has 16 heavy (non-hydrogen) atoms. The van der Waals surface area contributed by atoms with Crippen LogP contribution in [-0.2, 0) is 4.79 Å². The van der Waals surface area contributed by atoms with Crippen molar-refractivity contribution in [2.45, 2.75) is 38.6 Å². The monoisotopic (exact) mass is 250 g/mol. The first-order valence-electron chi connectivity index (χ1n) is 5.87. The van der Waals surface area contributed by atoms with Gasteiger partial charge in [0.1, 0.15) is 0 Å². The Morgan fingerprint density at radius 2 is 2.19 bits per heavy atom. The summed E-state index contributed by atoms with van der Waals surface area (Å²) in [6, 6.07) is 0.579. The fourth-order valence-corrected chi connectivity index (χ4v) is 1.48. The lowest BCUT2D eigenvalue weighted by molar-refractivity contribution is -0.120. The van der Waals surface area contributed by atoms with Crippen LogP contribution in [0.3, 0.4) is 0 Å². The second-order valence-electron chi connectivity index (χ2n) is 4.25. The van der Waals surface area contributed by atoms with Crippen molar-refractivity contribution in [2.75, 3.05) is 19.7 Å². The second kappa shape index (κ2) is 8.79. The molecular formula is C11H23ClN2O2. The number of amides is 1. The van der Waals surface area contributed by atoms with Gasteiger partial charge in [0.25, 0.3) is 0 Å². The molecule has 0 spiro atoms. The van der Waals surface area contributed by atoms with Crippen LogP contribution in [0.1, 0.15) is 32.6 Å². The van der Waals surface area contributed by atoms with Gasteiger partial charge in [-0.3, -0.25) is 4.79 Å². The lowest BCUT2D eigenvalue weighted by atomic mass is 10.0. The summed E-state index contributed by atoms with van der Waals surface area (Å²) in [5.41, 5.74) is 0. The van der Waals surface area contributed by atoms with Crippen LogP contribution >= 0.6 is 12.4 Å². The van der Waals surface area contributed by atoms with Crippen LogP contribution in [0.25, 0.3) is 0 Å². The van der Waals surface area contributed by atoms with Crippen molar-refractivity contribution in [1.82, 2.24) is 10.6 Å². The Kier molecular flexibility index (Phi) is 8.61. The third-order valence-electron chi connectivity index (χ3n) is 2.83. The van der Waals surface area contributed by atoms with Gasteiger partial charge < -0.3 is 15.7 Å². The molecule has 0 aromatic heterocycles. The summed E-state index contributed by atoms with van der Waals surface area (Å²) in [7, 11) is 0. The van der Waals surface area contributed by atoms with E-state index in [4.69, 9.17) is 5.11 Å². The predicted octanol–water partition coefficient (Wildman–Crippen LogP) is 0.685. The van der Waals surface area contributed by atoms with E-state index in [9.17, 15) is 4.79 Å². The predicted molar refractivity (Wildman–Crippen MR) is 66.8 cm³/mol. The SMILES string of the molecule is CCC(CCO)CNC(=O)CNC1CC1.Cl. The zero-order chi connectivity index (χ0) is 11.1. The molecule has 1 aliphatic rings. The third-order valence-corrected chi connectivity index (χ3v) is 2.83. The number of halogens is 1. The highest BCUT2D eigenvalue weighted by Crippen LogP contribution is 2.17. The molecule has 1 aliphatic carbocycles. The van der Waals surface area contributed by atoms with Gasteiger partial charge in [0.05, 0.1) is 6.54 Å². The Morgan fingerprint density at radius 1 is 1.50 bits per heavy atom. The van der Waals surface area contributed by atoms with Crippen molar-refractivity contribution in [3.63, 3.8) is 0 Å². The first kappa shape index (κ1) is 15.7. The number of hydrogen-bond acceptors (Lipinski definition) is 3. The minimum absolute atomic E-state index is 0. The fourth-order valence-electron chi connectivity index (χ4n) is 1.48. The smallest absolute Gasteiger partial charge is 0.233 e. The first-order valence-corrected chi connectivity index (χ1v) is 5.87. The van der Waals surface area contributed by atoms with E-state index in [-0.39, 0.29) is 24.9 Å². The molecule has 1 amide bonds. The summed E-state index contributed by atoms with van der Waals surface area (Å²) >= 11 is 0. The van der Waals surface area contributed by atoms with E-state index in [0.29, 0.717) is 25.0 Å². The summed E-state index contributed by atoms with van der Waals surface area (Å²) in [4.78, 5) is 11.4. The van der Waals surface area contributed by atoms with Crippen molar-refractivity contribution >= 4 is 18.3 Å². The highest BCUT2D eigenvalue weighted by atomic mass is 35.5. The molecule has 0 aromatic rings. The molecule has 1 unspecified atom stereocenters. The molecule has 0 aromatic carbocycles. The van der Waals surface area contributed by atoms with Crippen LogP contribution in [0.2, 0.25) is 0 Å². The fraction of sp³-hybridized carbons (Fsp3) is 0.909. The Labute approximate surface area is 104 Å². The number of carbonyl (C=O) groups excluding carboxylic acids is 1. The van der Waals surface area contributed by atoms with Crippen molar-refractivity contribution < 1.29 is 9.90 Å². The molecule has 0 saturated heterocycles. The number of rotatable bonds is 8. The average molecular weight is 251 g/mol. The molecule has 1 rings (SSSR count). The lowest BCUT2D eigenvalue weighted by Gasteiger charge is -2.14. The van der Waals surface area contributed by atoms with Gasteiger partial charge in [-0.1, -0.05) is 13.3 Å². The molecule has 0 aliphatic heterocycles. The van der Waals surface area contributed by atoms with Gasteiger partial charge in [0.15, 0.2) is 0 Å². The van der Waals surface area contributed by atoms with Gasteiger partial charge in [-0.2, -0.15) is 0 Å². The maximum atomic E-state index is 11.4. The van der Waals surface area contributed by atoms with E-state index < -0.39 is 0 Å². The van der Waals surface area contributed by atoms with Crippen LogP contribution in [0.4, 0.5) is 0 Å². The highest BCUT2D eigenvalue weighted by molar-refractivity contribution is 5.85. The van der Waals surface area contributed by atoms with Gasteiger partial charge in [-0.15, -0.1) is 12.4 Å². The van der Waals surface area contributed by atoms with Gasteiger partial charge in [-0.25, -0.2) is 0 Å². The van der Waals surface area contributed by atoms with Crippen molar-refractivity contribution in [2.24, 2.45) is 5.92 Å². The van der Waals surface area contributed by atoms with E-state index in [1.165, 1.54) is 12.8 Å². The largest absolute Gasteiger partial charge is 0.396 e. The van der Waals surface area contributed by atoms with Crippen molar-refractivity contribution in [3.05, 3.63) is 0 Å². The Bertz CT molecular complexity index is 198. The summed E-state index contributed by atoms with van der Waals surface area (Å²) < 4.78 is 0. The number of nitrogens with one attached hydrogen (secondary N) is 2. The van der Waals surface area contributed by atoms with E-state index in [2.05, 4.69) is 17.6 Å². The van der Waals surface area contributed by atoms with Crippen LogP contribution in [0, 0.1) is 5.92 Å². The van der Waals surface area contributed by atoms with Gasteiger partial charge in [0, 0.05) is 19.2 Å².